The SMILES string of the molecule is CN1CCCC(c2c3nc(c(C4CCCN(C)C4)c4ccc([nH]4)c(C4CCCN(C)C4)c4ccc([nH]4)c(C4CCCN(C)C4)c4nc2C=C4)C=C3)C1. The lowest BCUT2D eigenvalue weighted by atomic mass is 9.88. The summed E-state index contributed by atoms with van der Waals surface area (Å²) in [4.78, 5) is 29.4. The molecule has 8 nitrogen and oxygen atoms in total. The first-order valence-electron chi connectivity index (χ1n) is 20.3. The third-order valence-electron chi connectivity index (χ3n) is 13.0. The summed E-state index contributed by atoms with van der Waals surface area (Å²) >= 11 is 0. The highest BCUT2D eigenvalue weighted by atomic mass is 15.1. The average molecular weight is 699 g/mol. The smallest absolute Gasteiger partial charge is 0.0694 e. The molecule has 3 aromatic heterocycles. The molecule has 8 bridgehead atoms. The normalized spacial score (nSPS) is 26.7. The van der Waals surface area contributed by atoms with Crippen LogP contribution in [0.2, 0.25) is 0 Å². The fraction of sp³-hybridized carbons (Fsp3) is 0.545. The minimum absolute atomic E-state index is 0.400. The van der Waals surface area contributed by atoms with Gasteiger partial charge in [-0.3, -0.25) is 0 Å². The van der Waals surface area contributed by atoms with Crippen LogP contribution in [0.4, 0.5) is 0 Å². The van der Waals surface area contributed by atoms with Gasteiger partial charge in [0.2, 0.25) is 0 Å². The molecule has 52 heavy (non-hydrogen) atoms. The van der Waals surface area contributed by atoms with E-state index in [0.717, 1.165) is 68.6 Å². The standard InChI is InChI=1S/C44H58N8/c1-49-21-5-9-29(25-49)41-33-13-15-35(45-33)42(30-10-6-22-50(2)26-30)37-17-19-39(47-37)44(32-12-8-24-52(4)28-32)40-20-18-38(48-40)43(36-16-14-34(41)46-36)31-11-7-23-51(3)27-31/h13-20,29-32,45-46H,5-12,21-28H2,1-4H3. The van der Waals surface area contributed by atoms with Gasteiger partial charge < -0.3 is 29.6 Å². The Bertz CT molecular complexity index is 1910. The van der Waals surface area contributed by atoms with E-state index in [1.54, 1.807) is 0 Å². The Labute approximate surface area is 310 Å². The van der Waals surface area contributed by atoms with Crippen molar-refractivity contribution in [2.24, 2.45) is 0 Å². The number of fused-ring (bicyclic) bond motifs is 8. The summed E-state index contributed by atoms with van der Waals surface area (Å²) in [5.41, 5.74) is 14.9. The first-order chi connectivity index (χ1) is 25.4. The van der Waals surface area contributed by atoms with Gasteiger partial charge in [0.25, 0.3) is 0 Å². The number of nitrogens with one attached hydrogen (secondary N) is 2. The van der Waals surface area contributed by atoms with Crippen molar-refractivity contribution in [3.63, 3.8) is 0 Å². The monoisotopic (exact) mass is 698 g/mol. The van der Waals surface area contributed by atoms with E-state index in [9.17, 15) is 0 Å². The molecule has 0 radical (unpaired) electrons. The second kappa shape index (κ2) is 14.3. The molecular formula is C44H58N8. The van der Waals surface area contributed by atoms with Crippen molar-refractivity contribution < 1.29 is 0 Å². The van der Waals surface area contributed by atoms with Gasteiger partial charge in [0.1, 0.15) is 0 Å². The number of likely N-dealkylation sites (tertiary alicyclic amines) is 4. The minimum Gasteiger partial charge on any atom is -0.355 e. The Morgan fingerprint density at radius 1 is 0.423 bits per heavy atom. The first-order valence-corrected chi connectivity index (χ1v) is 20.3. The molecule has 0 spiro atoms. The number of likely N-dealkylation sites (N-methyl/N-ethyl adjacent to an activating group) is 4. The molecule has 274 valence electrons. The highest BCUT2D eigenvalue weighted by Gasteiger charge is 2.30. The van der Waals surface area contributed by atoms with Crippen LogP contribution in [-0.2, 0) is 0 Å². The van der Waals surface area contributed by atoms with E-state index >= 15 is 0 Å². The quantitative estimate of drug-likeness (QED) is 0.199. The van der Waals surface area contributed by atoms with Gasteiger partial charge >= 0.3 is 0 Å². The number of H-pyrrole nitrogens is 2. The van der Waals surface area contributed by atoms with Crippen molar-refractivity contribution in [2.45, 2.75) is 75.0 Å². The summed E-state index contributed by atoms with van der Waals surface area (Å²) in [7, 11) is 9.12. The summed E-state index contributed by atoms with van der Waals surface area (Å²) in [6.07, 6.45) is 18.9. The van der Waals surface area contributed by atoms with Crippen LogP contribution in [-0.4, -0.2) is 120 Å². The molecule has 9 heterocycles. The summed E-state index contributed by atoms with van der Waals surface area (Å²) in [5, 5.41) is 0. The number of piperidine rings is 4. The van der Waals surface area contributed by atoms with E-state index in [4.69, 9.17) is 9.97 Å². The molecular weight excluding hydrogens is 641 g/mol. The van der Waals surface area contributed by atoms with Crippen LogP contribution in [0.15, 0.2) is 24.3 Å². The molecule has 9 rings (SSSR count). The Kier molecular flexibility index (Phi) is 9.44. The number of nitrogens with zero attached hydrogens (tertiary/aromatic N) is 6. The first kappa shape index (κ1) is 34.2. The third-order valence-corrected chi connectivity index (χ3v) is 13.0. The van der Waals surface area contributed by atoms with Gasteiger partial charge in [-0.25, -0.2) is 9.97 Å². The molecule has 6 aliphatic rings. The summed E-state index contributed by atoms with van der Waals surface area (Å²) < 4.78 is 0. The Morgan fingerprint density at radius 3 is 1.06 bits per heavy atom. The van der Waals surface area contributed by atoms with Gasteiger partial charge in [0.15, 0.2) is 0 Å². The maximum absolute atomic E-state index is 5.62. The molecule has 2 N–H and O–H groups in total. The zero-order valence-electron chi connectivity index (χ0n) is 31.9. The fourth-order valence-corrected chi connectivity index (χ4v) is 10.6. The van der Waals surface area contributed by atoms with Crippen LogP contribution in [0.25, 0.3) is 46.4 Å². The molecule has 0 amide bonds. The summed E-state index contributed by atoms with van der Waals surface area (Å²) in [5.74, 6) is 1.69. The van der Waals surface area contributed by atoms with Crippen LogP contribution in [0.1, 0.15) is 120 Å². The van der Waals surface area contributed by atoms with E-state index in [0.29, 0.717) is 23.7 Å². The summed E-state index contributed by atoms with van der Waals surface area (Å²) in [6, 6.07) is 9.47. The highest BCUT2D eigenvalue weighted by molar-refractivity contribution is 5.84. The molecule has 4 unspecified atom stereocenters. The molecule has 0 aromatic carbocycles. The van der Waals surface area contributed by atoms with Crippen molar-refractivity contribution in [3.05, 3.63) is 69.3 Å². The van der Waals surface area contributed by atoms with E-state index in [2.05, 4.69) is 106 Å². The van der Waals surface area contributed by atoms with Crippen LogP contribution >= 0.6 is 0 Å². The van der Waals surface area contributed by atoms with Crippen molar-refractivity contribution in [1.82, 2.24) is 39.5 Å². The van der Waals surface area contributed by atoms with E-state index in [-0.39, 0.29) is 0 Å². The zero-order chi connectivity index (χ0) is 35.3. The van der Waals surface area contributed by atoms with E-state index < -0.39 is 0 Å². The van der Waals surface area contributed by atoms with Gasteiger partial charge in [0, 0.05) is 94.2 Å². The molecule has 0 saturated carbocycles. The van der Waals surface area contributed by atoms with Crippen molar-refractivity contribution in [1.29, 1.82) is 0 Å². The number of hydrogen-bond donors (Lipinski definition) is 2. The fourth-order valence-electron chi connectivity index (χ4n) is 10.6. The third kappa shape index (κ3) is 6.61. The number of aromatic nitrogens is 4. The highest BCUT2D eigenvalue weighted by Crippen LogP contribution is 2.40. The second-order valence-electron chi connectivity index (χ2n) is 17.1. The van der Waals surface area contributed by atoms with Crippen LogP contribution < -0.4 is 0 Å². The van der Waals surface area contributed by atoms with Gasteiger partial charge in [0.05, 0.1) is 22.8 Å². The minimum atomic E-state index is 0.400. The maximum Gasteiger partial charge on any atom is 0.0694 e. The summed E-state index contributed by atoms with van der Waals surface area (Å²) in [6.45, 7) is 8.88. The number of rotatable bonds is 4. The molecule has 0 aliphatic carbocycles. The zero-order valence-corrected chi connectivity index (χ0v) is 31.9. The van der Waals surface area contributed by atoms with Gasteiger partial charge in [-0.15, -0.1) is 0 Å². The number of aromatic amines is 2. The van der Waals surface area contributed by atoms with Gasteiger partial charge in [-0.1, -0.05) is 0 Å². The predicted molar refractivity (Wildman–Crippen MR) is 217 cm³/mol. The van der Waals surface area contributed by atoms with E-state index in [1.165, 1.54) is 102 Å². The molecule has 4 saturated heterocycles. The molecule has 8 heteroatoms. The Balaban J connectivity index is 1.37. The molecule has 3 aromatic rings. The molecule has 6 aliphatic heterocycles. The predicted octanol–water partition coefficient (Wildman–Crippen LogP) is 7.89. The second-order valence-corrected chi connectivity index (χ2v) is 17.1. The van der Waals surface area contributed by atoms with Crippen molar-refractivity contribution >= 4 is 46.4 Å². The van der Waals surface area contributed by atoms with Crippen LogP contribution in [0.3, 0.4) is 0 Å². The van der Waals surface area contributed by atoms with Crippen LogP contribution in [0, 0.1) is 0 Å². The van der Waals surface area contributed by atoms with E-state index in [1.807, 2.05) is 0 Å². The molecule has 4 atom stereocenters. The topological polar surface area (TPSA) is 70.3 Å². The Hall–Kier alpha value is -3.56. The maximum atomic E-state index is 5.62. The lowest BCUT2D eigenvalue weighted by Crippen LogP contribution is -2.31. The Morgan fingerprint density at radius 2 is 0.712 bits per heavy atom. The van der Waals surface area contributed by atoms with Gasteiger partial charge in [-0.05, 0) is 154 Å². The van der Waals surface area contributed by atoms with Crippen LogP contribution in [0.5, 0.6) is 0 Å². The largest absolute Gasteiger partial charge is 0.355 e. The lowest BCUT2D eigenvalue weighted by Gasteiger charge is -2.31. The number of hydrogen-bond acceptors (Lipinski definition) is 6. The average Bonchev–Trinajstić information content (AvgIpc) is 3.96. The van der Waals surface area contributed by atoms with Crippen molar-refractivity contribution in [3.8, 4) is 0 Å². The molecule has 4 fully saturated rings. The lowest BCUT2D eigenvalue weighted by molar-refractivity contribution is 0.250. The van der Waals surface area contributed by atoms with Crippen molar-refractivity contribution in [2.75, 3.05) is 80.5 Å². The van der Waals surface area contributed by atoms with Gasteiger partial charge in [-0.2, -0.15) is 0 Å².